The molecular formula is C47H38N2. The molecular weight excluding hydrogens is 593 g/mol. The van der Waals surface area contributed by atoms with Crippen LogP contribution in [0.1, 0.15) is 36.6 Å². The van der Waals surface area contributed by atoms with Crippen LogP contribution in [0.3, 0.4) is 0 Å². The van der Waals surface area contributed by atoms with Crippen molar-refractivity contribution in [3.05, 3.63) is 192 Å². The summed E-state index contributed by atoms with van der Waals surface area (Å²) in [6, 6.07) is 52.7. The van der Waals surface area contributed by atoms with Gasteiger partial charge in [-0.3, -0.25) is 0 Å². The van der Waals surface area contributed by atoms with Gasteiger partial charge in [0, 0.05) is 39.3 Å². The van der Waals surface area contributed by atoms with E-state index in [1.165, 1.54) is 61.0 Å². The highest BCUT2D eigenvalue weighted by atomic mass is 15.1. The van der Waals surface area contributed by atoms with Gasteiger partial charge in [0.15, 0.2) is 0 Å². The summed E-state index contributed by atoms with van der Waals surface area (Å²) in [6.45, 7) is 2.45. The molecule has 1 atom stereocenters. The Hall–Kier alpha value is -5.86. The van der Waals surface area contributed by atoms with E-state index in [0.29, 0.717) is 0 Å². The lowest BCUT2D eigenvalue weighted by Crippen LogP contribution is -2.26. The van der Waals surface area contributed by atoms with Gasteiger partial charge in [0.2, 0.25) is 0 Å². The molecule has 0 saturated heterocycles. The van der Waals surface area contributed by atoms with E-state index in [4.69, 9.17) is 0 Å². The molecule has 2 aliphatic rings. The largest absolute Gasteiger partial charge is 0.311 e. The lowest BCUT2D eigenvalue weighted by Gasteiger charge is -2.36. The first-order chi connectivity index (χ1) is 24.2. The Kier molecular flexibility index (Phi) is 7.16. The summed E-state index contributed by atoms with van der Waals surface area (Å²) < 4.78 is 2.49. The smallest absolute Gasteiger partial charge is 0.0547 e. The third kappa shape index (κ3) is 5.03. The zero-order chi connectivity index (χ0) is 32.8. The molecule has 1 heterocycles. The highest BCUT2D eigenvalue weighted by Gasteiger charge is 2.34. The first kappa shape index (κ1) is 29.3. The van der Waals surface area contributed by atoms with Gasteiger partial charge in [0.1, 0.15) is 0 Å². The second-order valence-corrected chi connectivity index (χ2v) is 13.5. The van der Waals surface area contributed by atoms with Crippen LogP contribution in [0.2, 0.25) is 0 Å². The number of aryl methyl sites for hydroxylation is 1. The van der Waals surface area contributed by atoms with E-state index in [0.717, 1.165) is 30.6 Å². The van der Waals surface area contributed by atoms with Crippen molar-refractivity contribution >= 4 is 39.1 Å². The third-order valence-electron chi connectivity index (χ3n) is 10.3. The standard InChI is InChI=1S/C47H38N2/c1-47(30-16-26-40(33-47)48(37-21-7-3-8-22-37)39-25-15-20-35(31-39)34-17-5-2-6-18-34)46-41-27-12-11-19-36(41)32-44-45(46)42-28-13-14-29-43(42)49(44)38-23-9-4-10-24-38/h2-12,14-27,29,31-33H,13,28,30H2,1H3. The summed E-state index contributed by atoms with van der Waals surface area (Å²) in [5.74, 6) is 0. The third-order valence-corrected chi connectivity index (χ3v) is 10.3. The number of allylic oxidation sites excluding steroid dienone is 4. The van der Waals surface area contributed by atoms with E-state index in [1.54, 1.807) is 0 Å². The lowest BCUT2D eigenvalue weighted by molar-refractivity contribution is 0.603. The van der Waals surface area contributed by atoms with Crippen molar-refractivity contribution in [1.82, 2.24) is 4.57 Å². The average Bonchev–Trinajstić information content (AvgIpc) is 3.49. The quantitative estimate of drug-likeness (QED) is 0.177. The monoisotopic (exact) mass is 630 g/mol. The Bertz CT molecular complexity index is 2410. The molecule has 6 aromatic carbocycles. The van der Waals surface area contributed by atoms with E-state index in [9.17, 15) is 0 Å². The zero-order valence-corrected chi connectivity index (χ0v) is 27.8. The van der Waals surface area contributed by atoms with E-state index >= 15 is 0 Å². The molecule has 2 heteroatoms. The Morgan fingerprint density at radius 2 is 1.33 bits per heavy atom. The number of nitrogens with zero attached hydrogens (tertiary/aromatic N) is 2. The van der Waals surface area contributed by atoms with Crippen molar-refractivity contribution in [2.24, 2.45) is 0 Å². The van der Waals surface area contributed by atoms with Gasteiger partial charge in [-0.2, -0.15) is 0 Å². The van der Waals surface area contributed by atoms with Crippen LogP contribution < -0.4 is 4.90 Å². The Balaban J connectivity index is 1.29. The van der Waals surface area contributed by atoms with Gasteiger partial charge in [-0.25, -0.2) is 0 Å². The van der Waals surface area contributed by atoms with Crippen molar-refractivity contribution in [3.63, 3.8) is 0 Å². The molecule has 1 aromatic heterocycles. The molecule has 2 nitrogen and oxygen atoms in total. The summed E-state index contributed by atoms with van der Waals surface area (Å²) in [4.78, 5) is 2.43. The minimum Gasteiger partial charge on any atom is -0.311 e. The van der Waals surface area contributed by atoms with Crippen molar-refractivity contribution in [2.75, 3.05) is 4.90 Å². The van der Waals surface area contributed by atoms with Crippen LogP contribution in [0.4, 0.5) is 11.4 Å². The van der Waals surface area contributed by atoms with Crippen molar-refractivity contribution in [2.45, 2.75) is 31.6 Å². The summed E-state index contributed by atoms with van der Waals surface area (Å²) in [5.41, 5.74) is 12.3. The molecule has 49 heavy (non-hydrogen) atoms. The minimum absolute atomic E-state index is 0.259. The van der Waals surface area contributed by atoms with Crippen molar-refractivity contribution in [3.8, 4) is 16.8 Å². The average molecular weight is 631 g/mol. The Morgan fingerprint density at radius 1 is 0.633 bits per heavy atom. The predicted molar refractivity (Wildman–Crippen MR) is 208 cm³/mol. The molecule has 0 saturated carbocycles. The molecule has 0 N–H and O–H groups in total. The fourth-order valence-electron chi connectivity index (χ4n) is 8.16. The highest BCUT2D eigenvalue weighted by molar-refractivity contribution is 6.06. The van der Waals surface area contributed by atoms with E-state index in [2.05, 4.69) is 192 Å². The second-order valence-electron chi connectivity index (χ2n) is 13.5. The second kappa shape index (κ2) is 12.0. The molecule has 7 aromatic rings. The summed E-state index contributed by atoms with van der Waals surface area (Å²) >= 11 is 0. The van der Waals surface area contributed by atoms with E-state index < -0.39 is 0 Å². The molecule has 236 valence electrons. The number of hydrogen-bond donors (Lipinski definition) is 0. The highest BCUT2D eigenvalue weighted by Crippen LogP contribution is 2.48. The number of hydrogen-bond acceptors (Lipinski definition) is 1. The molecule has 0 radical (unpaired) electrons. The van der Waals surface area contributed by atoms with Gasteiger partial charge < -0.3 is 9.47 Å². The maximum Gasteiger partial charge on any atom is 0.0547 e. The van der Waals surface area contributed by atoms with Crippen molar-refractivity contribution < 1.29 is 0 Å². The van der Waals surface area contributed by atoms with Gasteiger partial charge in [0.25, 0.3) is 0 Å². The van der Waals surface area contributed by atoms with Gasteiger partial charge in [-0.15, -0.1) is 0 Å². The minimum atomic E-state index is -0.259. The molecule has 1 unspecified atom stereocenters. The topological polar surface area (TPSA) is 8.17 Å². The number of para-hydroxylation sites is 2. The number of rotatable bonds is 6. The summed E-state index contributed by atoms with van der Waals surface area (Å²) in [7, 11) is 0. The van der Waals surface area contributed by atoms with Gasteiger partial charge in [0.05, 0.1) is 5.52 Å². The summed E-state index contributed by atoms with van der Waals surface area (Å²) in [5, 5.41) is 4.03. The number of fused-ring (bicyclic) bond motifs is 4. The van der Waals surface area contributed by atoms with Crippen LogP contribution in [0.5, 0.6) is 0 Å². The molecule has 0 fully saturated rings. The van der Waals surface area contributed by atoms with Crippen LogP contribution in [-0.2, 0) is 11.8 Å². The van der Waals surface area contributed by atoms with Gasteiger partial charge in [-0.05, 0) is 113 Å². The maximum absolute atomic E-state index is 2.54. The Morgan fingerprint density at radius 3 is 2.14 bits per heavy atom. The Labute approximate surface area is 288 Å². The van der Waals surface area contributed by atoms with E-state index in [1.807, 2.05) is 0 Å². The van der Waals surface area contributed by atoms with Crippen LogP contribution >= 0.6 is 0 Å². The first-order valence-corrected chi connectivity index (χ1v) is 17.4. The molecule has 0 amide bonds. The van der Waals surface area contributed by atoms with Crippen molar-refractivity contribution in [1.29, 1.82) is 0 Å². The fourth-order valence-corrected chi connectivity index (χ4v) is 8.16. The molecule has 9 rings (SSSR count). The summed E-state index contributed by atoms with van der Waals surface area (Å²) in [6.07, 6.45) is 15.0. The molecule has 2 aliphatic carbocycles. The van der Waals surface area contributed by atoms with Crippen LogP contribution in [0, 0.1) is 0 Å². The zero-order valence-electron chi connectivity index (χ0n) is 27.8. The first-order valence-electron chi connectivity index (χ1n) is 17.4. The van der Waals surface area contributed by atoms with E-state index in [-0.39, 0.29) is 5.41 Å². The van der Waals surface area contributed by atoms with Gasteiger partial charge in [-0.1, -0.05) is 122 Å². The van der Waals surface area contributed by atoms with Gasteiger partial charge >= 0.3 is 0 Å². The number of aromatic nitrogens is 1. The molecule has 0 spiro atoms. The van der Waals surface area contributed by atoms with Crippen LogP contribution in [-0.4, -0.2) is 4.57 Å². The lowest BCUT2D eigenvalue weighted by atomic mass is 9.72. The predicted octanol–water partition coefficient (Wildman–Crippen LogP) is 12.3. The molecule has 0 bridgehead atoms. The number of benzene rings is 6. The normalized spacial score (nSPS) is 16.9. The van der Waals surface area contributed by atoms with Crippen LogP contribution in [0.25, 0.3) is 44.6 Å². The maximum atomic E-state index is 2.54. The SMILES string of the molecule is CC1(c2c3ccccc3cc3c2c2c(n3-c3ccccc3)C=CCC2)C=C(N(c2ccccc2)c2cccc(-c3ccccc3)c2)C=CC1. The van der Waals surface area contributed by atoms with Crippen LogP contribution in [0.15, 0.2) is 176 Å². The number of anilines is 2. The molecule has 0 aliphatic heterocycles. The fraction of sp³-hybridized carbons (Fsp3) is 0.106.